The summed E-state index contributed by atoms with van der Waals surface area (Å²) in [7, 11) is 1.40. The standard InChI is InChI=1S/C16H23FN2O2/c1-4-12-10-18-6-5-16(12,15(20)21-3)19-14-8-11(2)7-13(17)9-14/h7-9,12,18-19H,4-6,10H2,1-3H3. The number of anilines is 1. The Kier molecular flexibility index (Phi) is 4.83. The van der Waals surface area contributed by atoms with Crippen LogP contribution in [0.3, 0.4) is 0 Å². The van der Waals surface area contributed by atoms with Gasteiger partial charge in [-0.3, -0.25) is 0 Å². The molecule has 1 aromatic carbocycles. The molecule has 0 aliphatic carbocycles. The van der Waals surface area contributed by atoms with Crippen LogP contribution in [-0.2, 0) is 9.53 Å². The quantitative estimate of drug-likeness (QED) is 0.838. The fraction of sp³-hybridized carbons (Fsp3) is 0.562. The zero-order chi connectivity index (χ0) is 15.5. The fourth-order valence-electron chi connectivity index (χ4n) is 3.17. The first-order valence-corrected chi connectivity index (χ1v) is 7.36. The smallest absolute Gasteiger partial charge is 0.331 e. The van der Waals surface area contributed by atoms with Crippen LogP contribution in [0.15, 0.2) is 18.2 Å². The fourth-order valence-corrected chi connectivity index (χ4v) is 3.17. The Bertz CT molecular complexity index is 501. The van der Waals surface area contributed by atoms with E-state index in [9.17, 15) is 9.18 Å². The largest absolute Gasteiger partial charge is 0.467 e. The molecule has 1 heterocycles. The van der Waals surface area contributed by atoms with Crippen LogP contribution in [0.25, 0.3) is 0 Å². The molecule has 1 aliphatic rings. The first kappa shape index (κ1) is 15.8. The third-order valence-corrected chi connectivity index (χ3v) is 4.24. The number of hydrogen-bond donors (Lipinski definition) is 2. The molecule has 0 saturated carbocycles. The molecule has 2 unspecified atom stereocenters. The number of aryl methyl sites for hydroxylation is 1. The minimum atomic E-state index is -0.797. The molecule has 21 heavy (non-hydrogen) atoms. The Labute approximate surface area is 125 Å². The van der Waals surface area contributed by atoms with Crippen molar-refractivity contribution in [3.8, 4) is 0 Å². The summed E-state index contributed by atoms with van der Waals surface area (Å²) in [5, 5.41) is 6.58. The lowest BCUT2D eigenvalue weighted by Gasteiger charge is -2.43. The van der Waals surface area contributed by atoms with Gasteiger partial charge in [-0.1, -0.05) is 6.92 Å². The van der Waals surface area contributed by atoms with Gasteiger partial charge in [0.25, 0.3) is 0 Å². The molecule has 1 aliphatic heterocycles. The van der Waals surface area contributed by atoms with Crippen LogP contribution >= 0.6 is 0 Å². The molecule has 2 atom stereocenters. The molecular formula is C16H23FN2O2. The topological polar surface area (TPSA) is 50.4 Å². The van der Waals surface area contributed by atoms with E-state index >= 15 is 0 Å². The van der Waals surface area contributed by atoms with Gasteiger partial charge in [-0.15, -0.1) is 0 Å². The number of piperidine rings is 1. The van der Waals surface area contributed by atoms with Crippen LogP contribution in [0, 0.1) is 18.7 Å². The van der Waals surface area contributed by atoms with E-state index in [4.69, 9.17) is 4.74 Å². The minimum absolute atomic E-state index is 0.0993. The van der Waals surface area contributed by atoms with Crippen molar-refractivity contribution in [2.45, 2.75) is 32.2 Å². The van der Waals surface area contributed by atoms with Crippen molar-refractivity contribution in [2.75, 3.05) is 25.5 Å². The van der Waals surface area contributed by atoms with Gasteiger partial charge in [-0.25, -0.2) is 9.18 Å². The van der Waals surface area contributed by atoms with Crippen LogP contribution in [-0.4, -0.2) is 31.7 Å². The Balaban J connectivity index is 2.37. The number of ether oxygens (including phenoxy) is 1. The number of halogens is 1. The molecule has 0 bridgehead atoms. The van der Waals surface area contributed by atoms with Gasteiger partial charge >= 0.3 is 5.97 Å². The highest BCUT2D eigenvalue weighted by atomic mass is 19.1. The number of rotatable bonds is 4. The molecule has 4 nitrogen and oxygen atoms in total. The molecule has 0 radical (unpaired) electrons. The molecule has 5 heteroatoms. The molecule has 116 valence electrons. The number of carbonyl (C=O) groups excluding carboxylic acids is 1. The Hall–Kier alpha value is -1.62. The molecule has 0 amide bonds. The maximum Gasteiger partial charge on any atom is 0.331 e. The van der Waals surface area contributed by atoms with Gasteiger partial charge in [0.15, 0.2) is 0 Å². The predicted octanol–water partition coefficient (Wildman–Crippen LogP) is 2.48. The van der Waals surface area contributed by atoms with E-state index in [0.717, 1.165) is 25.1 Å². The molecule has 1 aromatic rings. The second kappa shape index (κ2) is 6.43. The van der Waals surface area contributed by atoms with Crippen LogP contribution < -0.4 is 10.6 Å². The number of methoxy groups -OCH3 is 1. The molecule has 1 fully saturated rings. The lowest BCUT2D eigenvalue weighted by atomic mass is 9.76. The van der Waals surface area contributed by atoms with Crippen LogP contribution in [0.4, 0.5) is 10.1 Å². The van der Waals surface area contributed by atoms with Crippen LogP contribution in [0.5, 0.6) is 0 Å². The third kappa shape index (κ3) is 3.18. The van der Waals surface area contributed by atoms with E-state index in [1.54, 1.807) is 0 Å². The van der Waals surface area contributed by atoms with Crippen molar-refractivity contribution >= 4 is 11.7 Å². The first-order valence-electron chi connectivity index (χ1n) is 7.36. The number of hydrogen-bond acceptors (Lipinski definition) is 4. The van der Waals surface area contributed by atoms with E-state index in [-0.39, 0.29) is 17.7 Å². The predicted molar refractivity (Wildman–Crippen MR) is 80.8 cm³/mol. The lowest BCUT2D eigenvalue weighted by Crippen LogP contribution is -2.60. The third-order valence-electron chi connectivity index (χ3n) is 4.24. The van der Waals surface area contributed by atoms with Gasteiger partial charge in [-0.05, 0) is 50.1 Å². The van der Waals surface area contributed by atoms with Gasteiger partial charge in [0.2, 0.25) is 0 Å². The lowest BCUT2D eigenvalue weighted by molar-refractivity contribution is -0.149. The van der Waals surface area contributed by atoms with Crippen LogP contribution in [0.1, 0.15) is 25.3 Å². The van der Waals surface area contributed by atoms with Gasteiger partial charge in [-0.2, -0.15) is 0 Å². The summed E-state index contributed by atoms with van der Waals surface area (Å²) in [5.41, 5.74) is 0.646. The van der Waals surface area contributed by atoms with Crippen molar-refractivity contribution in [1.82, 2.24) is 5.32 Å². The summed E-state index contributed by atoms with van der Waals surface area (Å²) in [5.74, 6) is -0.487. The van der Waals surface area contributed by atoms with E-state index in [1.807, 2.05) is 19.9 Å². The second-order valence-corrected chi connectivity index (χ2v) is 5.66. The second-order valence-electron chi connectivity index (χ2n) is 5.66. The summed E-state index contributed by atoms with van der Waals surface area (Å²) in [6, 6.07) is 4.74. The van der Waals surface area contributed by atoms with Gasteiger partial charge < -0.3 is 15.4 Å². The van der Waals surface area contributed by atoms with E-state index < -0.39 is 5.54 Å². The number of nitrogens with one attached hydrogen (secondary N) is 2. The van der Waals surface area contributed by atoms with E-state index in [1.165, 1.54) is 19.2 Å². The molecule has 1 saturated heterocycles. The number of benzene rings is 1. The molecule has 2 rings (SSSR count). The highest BCUT2D eigenvalue weighted by Crippen LogP contribution is 2.33. The Morgan fingerprint density at radius 2 is 2.29 bits per heavy atom. The van der Waals surface area contributed by atoms with E-state index in [0.29, 0.717) is 12.1 Å². The van der Waals surface area contributed by atoms with Crippen molar-refractivity contribution in [3.63, 3.8) is 0 Å². The van der Waals surface area contributed by atoms with Gasteiger partial charge in [0.1, 0.15) is 11.4 Å². The summed E-state index contributed by atoms with van der Waals surface area (Å²) in [4.78, 5) is 12.4. The summed E-state index contributed by atoms with van der Waals surface area (Å²) >= 11 is 0. The average molecular weight is 294 g/mol. The Morgan fingerprint density at radius 3 is 2.90 bits per heavy atom. The summed E-state index contributed by atoms with van der Waals surface area (Å²) < 4.78 is 18.6. The average Bonchev–Trinajstić information content (AvgIpc) is 2.45. The number of carbonyl (C=O) groups is 1. The van der Waals surface area contributed by atoms with Crippen molar-refractivity contribution in [1.29, 1.82) is 0 Å². The van der Waals surface area contributed by atoms with Crippen molar-refractivity contribution < 1.29 is 13.9 Å². The minimum Gasteiger partial charge on any atom is -0.467 e. The molecule has 0 spiro atoms. The highest BCUT2D eigenvalue weighted by Gasteiger charge is 2.47. The number of esters is 1. The van der Waals surface area contributed by atoms with Crippen molar-refractivity contribution in [3.05, 3.63) is 29.6 Å². The first-order chi connectivity index (χ1) is 10.0. The SMILES string of the molecule is CCC1CNCCC1(Nc1cc(C)cc(F)c1)C(=O)OC. The van der Waals surface area contributed by atoms with Gasteiger partial charge in [0.05, 0.1) is 7.11 Å². The highest BCUT2D eigenvalue weighted by molar-refractivity contribution is 5.85. The molecule has 2 N–H and O–H groups in total. The zero-order valence-electron chi connectivity index (χ0n) is 12.8. The molecular weight excluding hydrogens is 271 g/mol. The monoisotopic (exact) mass is 294 g/mol. The summed E-state index contributed by atoms with van der Waals surface area (Å²) in [6.45, 7) is 5.35. The summed E-state index contributed by atoms with van der Waals surface area (Å²) in [6.07, 6.45) is 1.46. The van der Waals surface area contributed by atoms with E-state index in [2.05, 4.69) is 10.6 Å². The zero-order valence-corrected chi connectivity index (χ0v) is 12.8. The van der Waals surface area contributed by atoms with Gasteiger partial charge in [0, 0.05) is 18.2 Å². The maximum absolute atomic E-state index is 13.6. The maximum atomic E-state index is 13.6. The normalized spacial score (nSPS) is 25.4. The van der Waals surface area contributed by atoms with Crippen molar-refractivity contribution in [2.24, 2.45) is 5.92 Å². The Morgan fingerprint density at radius 1 is 1.52 bits per heavy atom. The van der Waals surface area contributed by atoms with Crippen LogP contribution in [0.2, 0.25) is 0 Å². The molecule has 0 aromatic heterocycles.